The van der Waals surface area contributed by atoms with Gasteiger partial charge in [-0.3, -0.25) is 9.59 Å². The minimum Gasteiger partial charge on any atom is -0.481 e. The fraction of sp³-hybridized carbons (Fsp3) is 0.833. The van der Waals surface area contributed by atoms with Crippen LogP contribution in [0.5, 0.6) is 0 Å². The number of amides is 1. The van der Waals surface area contributed by atoms with Gasteiger partial charge in [0.2, 0.25) is 5.91 Å². The Labute approximate surface area is 101 Å². The summed E-state index contributed by atoms with van der Waals surface area (Å²) in [7, 11) is 0. The van der Waals surface area contributed by atoms with Crippen molar-refractivity contribution in [3.05, 3.63) is 0 Å². The highest BCUT2D eigenvalue weighted by Crippen LogP contribution is 2.34. The monoisotopic (exact) mass is 243 g/mol. The van der Waals surface area contributed by atoms with Crippen molar-refractivity contribution in [2.45, 2.75) is 39.2 Å². The molecule has 5 heteroatoms. The number of carboxylic acid groups (broad SMARTS) is 1. The lowest BCUT2D eigenvalue weighted by molar-refractivity contribution is -0.149. The SMILES string of the molecule is CC(O)CNC(=O)C1CCC(C)CC1C(=O)O. The molecule has 98 valence electrons. The molecule has 1 aliphatic carbocycles. The molecule has 0 radical (unpaired) electrons. The molecular weight excluding hydrogens is 222 g/mol. The van der Waals surface area contributed by atoms with E-state index in [0.717, 1.165) is 6.42 Å². The van der Waals surface area contributed by atoms with Crippen molar-refractivity contribution in [2.75, 3.05) is 6.54 Å². The molecule has 0 spiro atoms. The molecule has 1 rings (SSSR count). The smallest absolute Gasteiger partial charge is 0.307 e. The molecule has 0 aliphatic heterocycles. The number of carbonyl (C=O) groups excluding carboxylic acids is 1. The van der Waals surface area contributed by atoms with Crippen LogP contribution in [0.2, 0.25) is 0 Å². The molecule has 0 aromatic rings. The van der Waals surface area contributed by atoms with Gasteiger partial charge in [0.25, 0.3) is 0 Å². The molecule has 1 fully saturated rings. The second-order valence-electron chi connectivity index (χ2n) is 5.06. The number of carbonyl (C=O) groups is 2. The number of aliphatic hydroxyl groups excluding tert-OH is 1. The van der Waals surface area contributed by atoms with Crippen LogP contribution in [0.1, 0.15) is 33.1 Å². The molecule has 0 bridgehead atoms. The van der Waals surface area contributed by atoms with Crippen LogP contribution in [0.3, 0.4) is 0 Å². The van der Waals surface area contributed by atoms with E-state index in [-0.39, 0.29) is 12.5 Å². The van der Waals surface area contributed by atoms with Crippen molar-refractivity contribution in [3.8, 4) is 0 Å². The van der Waals surface area contributed by atoms with Crippen LogP contribution in [0.4, 0.5) is 0 Å². The van der Waals surface area contributed by atoms with Gasteiger partial charge < -0.3 is 15.5 Å². The molecule has 17 heavy (non-hydrogen) atoms. The van der Waals surface area contributed by atoms with Gasteiger partial charge in [0.1, 0.15) is 0 Å². The number of nitrogens with one attached hydrogen (secondary N) is 1. The molecular formula is C12H21NO4. The summed E-state index contributed by atoms with van der Waals surface area (Å²) >= 11 is 0. The molecule has 0 saturated heterocycles. The number of aliphatic hydroxyl groups is 1. The van der Waals surface area contributed by atoms with Crippen LogP contribution in [0, 0.1) is 17.8 Å². The van der Waals surface area contributed by atoms with Crippen LogP contribution < -0.4 is 5.32 Å². The lowest BCUT2D eigenvalue weighted by Crippen LogP contribution is -2.43. The van der Waals surface area contributed by atoms with Crippen molar-refractivity contribution in [1.29, 1.82) is 0 Å². The number of aliphatic carboxylic acids is 1. The number of hydrogen-bond donors (Lipinski definition) is 3. The summed E-state index contributed by atoms with van der Waals surface area (Å²) in [6.07, 6.45) is 1.45. The summed E-state index contributed by atoms with van der Waals surface area (Å²) in [6.45, 7) is 3.77. The zero-order chi connectivity index (χ0) is 13.0. The lowest BCUT2D eigenvalue weighted by atomic mass is 9.74. The van der Waals surface area contributed by atoms with Gasteiger partial charge in [-0.1, -0.05) is 6.92 Å². The largest absolute Gasteiger partial charge is 0.481 e. The average Bonchev–Trinajstić information content (AvgIpc) is 2.25. The summed E-state index contributed by atoms with van der Waals surface area (Å²) in [5.41, 5.74) is 0. The van der Waals surface area contributed by atoms with E-state index in [9.17, 15) is 9.59 Å². The minimum atomic E-state index is -0.895. The highest BCUT2D eigenvalue weighted by molar-refractivity contribution is 5.84. The fourth-order valence-electron chi connectivity index (χ4n) is 2.35. The van der Waals surface area contributed by atoms with Crippen molar-refractivity contribution < 1.29 is 19.8 Å². The van der Waals surface area contributed by atoms with Gasteiger partial charge in [0.15, 0.2) is 0 Å². The normalized spacial score (nSPS) is 30.6. The van der Waals surface area contributed by atoms with Crippen LogP contribution in [0.25, 0.3) is 0 Å². The first-order chi connectivity index (χ1) is 7.91. The van der Waals surface area contributed by atoms with Gasteiger partial charge in [-0.2, -0.15) is 0 Å². The second-order valence-corrected chi connectivity index (χ2v) is 5.06. The standard InChI is InChI=1S/C12H21NO4/c1-7-3-4-9(10(5-7)12(16)17)11(15)13-6-8(2)14/h7-10,14H,3-6H2,1-2H3,(H,13,15)(H,16,17). The zero-order valence-corrected chi connectivity index (χ0v) is 10.3. The Hall–Kier alpha value is -1.10. The van der Waals surface area contributed by atoms with E-state index in [0.29, 0.717) is 18.8 Å². The Bertz CT molecular complexity index is 290. The summed E-state index contributed by atoms with van der Waals surface area (Å²) < 4.78 is 0. The molecule has 0 aromatic carbocycles. The quantitative estimate of drug-likeness (QED) is 0.675. The number of carboxylic acids is 1. The van der Waals surface area contributed by atoms with E-state index >= 15 is 0 Å². The van der Waals surface area contributed by atoms with E-state index < -0.39 is 23.9 Å². The highest BCUT2D eigenvalue weighted by Gasteiger charge is 2.37. The summed E-state index contributed by atoms with van der Waals surface area (Å²) in [5, 5.41) is 20.8. The predicted octanol–water partition coefficient (Wildman–Crippen LogP) is 0.620. The van der Waals surface area contributed by atoms with Gasteiger partial charge in [-0.15, -0.1) is 0 Å². The van der Waals surface area contributed by atoms with Crippen molar-refractivity contribution in [3.63, 3.8) is 0 Å². The van der Waals surface area contributed by atoms with Crippen molar-refractivity contribution in [2.24, 2.45) is 17.8 Å². The van der Waals surface area contributed by atoms with Crippen LogP contribution in [0.15, 0.2) is 0 Å². The van der Waals surface area contributed by atoms with Crippen LogP contribution in [-0.2, 0) is 9.59 Å². The number of rotatable bonds is 4. The van der Waals surface area contributed by atoms with E-state index in [2.05, 4.69) is 5.32 Å². The summed E-state index contributed by atoms with van der Waals surface area (Å²) in [5.74, 6) is -1.83. The van der Waals surface area contributed by atoms with Crippen LogP contribution >= 0.6 is 0 Å². The van der Waals surface area contributed by atoms with Gasteiger partial charge in [-0.25, -0.2) is 0 Å². The Kier molecular flexibility index (Phi) is 4.93. The van der Waals surface area contributed by atoms with Crippen molar-refractivity contribution in [1.82, 2.24) is 5.32 Å². The maximum Gasteiger partial charge on any atom is 0.307 e. The maximum atomic E-state index is 11.8. The molecule has 0 heterocycles. The molecule has 3 N–H and O–H groups in total. The van der Waals surface area contributed by atoms with Gasteiger partial charge in [0, 0.05) is 6.54 Å². The molecule has 1 saturated carbocycles. The van der Waals surface area contributed by atoms with E-state index in [4.69, 9.17) is 10.2 Å². The first-order valence-corrected chi connectivity index (χ1v) is 6.10. The Morgan fingerprint density at radius 1 is 1.35 bits per heavy atom. The second kappa shape index (κ2) is 6.00. The first-order valence-electron chi connectivity index (χ1n) is 6.10. The molecule has 1 amide bonds. The highest BCUT2D eigenvalue weighted by atomic mass is 16.4. The summed E-state index contributed by atoms with van der Waals surface area (Å²) in [6, 6.07) is 0. The van der Waals surface area contributed by atoms with E-state index in [1.807, 2.05) is 6.92 Å². The molecule has 5 nitrogen and oxygen atoms in total. The fourth-order valence-corrected chi connectivity index (χ4v) is 2.35. The van der Waals surface area contributed by atoms with E-state index in [1.165, 1.54) is 0 Å². The third kappa shape index (κ3) is 4.00. The third-order valence-corrected chi connectivity index (χ3v) is 3.34. The first kappa shape index (κ1) is 14.0. The van der Waals surface area contributed by atoms with Gasteiger partial charge in [-0.05, 0) is 32.1 Å². The molecule has 1 aliphatic rings. The third-order valence-electron chi connectivity index (χ3n) is 3.34. The Morgan fingerprint density at radius 2 is 2.00 bits per heavy atom. The predicted molar refractivity (Wildman–Crippen MR) is 62.3 cm³/mol. The van der Waals surface area contributed by atoms with Gasteiger partial charge >= 0.3 is 5.97 Å². The maximum absolute atomic E-state index is 11.8. The molecule has 0 aromatic heterocycles. The average molecular weight is 243 g/mol. The van der Waals surface area contributed by atoms with Crippen LogP contribution in [-0.4, -0.2) is 34.7 Å². The minimum absolute atomic E-state index is 0.178. The topological polar surface area (TPSA) is 86.6 Å². The zero-order valence-electron chi connectivity index (χ0n) is 10.3. The molecule has 4 atom stereocenters. The summed E-state index contributed by atoms with van der Waals surface area (Å²) in [4.78, 5) is 23.0. The lowest BCUT2D eigenvalue weighted by Gasteiger charge is -2.31. The van der Waals surface area contributed by atoms with Gasteiger partial charge in [0.05, 0.1) is 17.9 Å². The van der Waals surface area contributed by atoms with Crippen molar-refractivity contribution >= 4 is 11.9 Å². The Balaban J connectivity index is 2.60. The molecule has 4 unspecified atom stereocenters. The number of hydrogen-bond acceptors (Lipinski definition) is 3. The van der Waals surface area contributed by atoms with E-state index in [1.54, 1.807) is 6.92 Å². The Morgan fingerprint density at radius 3 is 2.53 bits per heavy atom.